The van der Waals surface area contributed by atoms with E-state index in [-0.39, 0.29) is 17.9 Å². The number of hydrogen-bond donors (Lipinski definition) is 2. The first-order valence-corrected chi connectivity index (χ1v) is 6.95. The van der Waals surface area contributed by atoms with Crippen LogP contribution < -0.4 is 15.8 Å². The van der Waals surface area contributed by atoms with E-state index >= 15 is 0 Å². The summed E-state index contributed by atoms with van der Waals surface area (Å²) >= 11 is 0. The Morgan fingerprint density at radius 2 is 2.32 bits per heavy atom. The van der Waals surface area contributed by atoms with Crippen LogP contribution >= 0.6 is 0 Å². The number of rotatable bonds is 5. The Labute approximate surface area is 114 Å². The number of carbonyl (C=O) groups excluding carboxylic acids is 1. The fourth-order valence-corrected chi connectivity index (χ4v) is 2.55. The molecular weight excluding hydrogens is 240 g/mol. The van der Waals surface area contributed by atoms with Crippen LogP contribution in [0, 0.1) is 5.92 Å². The van der Waals surface area contributed by atoms with E-state index in [0.29, 0.717) is 13.2 Å². The van der Waals surface area contributed by atoms with Gasteiger partial charge in [0, 0.05) is 12.6 Å². The summed E-state index contributed by atoms with van der Waals surface area (Å²) < 4.78 is 5.44. The van der Waals surface area contributed by atoms with Crippen molar-refractivity contribution in [2.45, 2.75) is 38.8 Å². The number of nitrogens with two attached hydrogens (primary N) is 1. The molecule has 3 N–H and O–H groups in total. The minimum Gasteiger partial charge on any atom is -0.494 e. The topological polar surface area (TPSA) is 64.3 Å². The van der Waals surface area contributed by atoms with Gasteiger partial charge in [-0.05, 0) is 37.5 Å². The Hall–Kier alpha value is -1.55. The van der Waals surface area contributed by atoms with Crippen molar-refractivity contribution in [3.63, 3.8) is 0 Å². The molecule has 19 heavy (non-hydrogen) atoms. The molecule has 0 saturated heterocycles. The molecule has 1 amide bonds. The fourth-order valence-electron chi connectivity index (χ4n) is 2.55. The first kappa shape index (κ1) is 13.9. The van der Waals surface area contributed by atoms with Gasteiger partial charge in [0.05, 0.1) is 12.5 Å². The molecule has 0 bridgehead atoms. The van der Waals surface area contributed by atoms with Crippen molar-refractivity contribution < 1.29 is 9.53 Å². The lowest BCUT2D eigenvalue weighted by Crippen LogP contribution is -2.38. The summed E-state index contributed by atoms with van der Waals surface area (Å²) in [5.41, 5.74) is 6.98. The van der Waals surface area contributed by atoms with Crippen molar-refractivity contribution >= 4 is 5.91 Å². The summed E-state index contributed by atoms with van der Waals surface area (Å²) in [5, 5.41) is 2.97. The smallest absolute Gasteiger partial charge is 0.224 e. The van der Waals surface area contributed by atoms with Crippen LogP contribution in [0.1, 0.15) is 31.7 Å². The van der Waals surface area contributed by atoms with Gasteiger partial charge in [0.2, 0.25) is 5.91 Å². The highest BCUT2D eigenvalue weighted by Gasteiger charge is 2.29. The van der Waals surface area contributed by atoms with Gasteiger partial charge in [0.1, 0.15) is 5.75 Å². The summed E-state index contributed by atoms with van der Waals surface area (Å²) in [6, 6.07) is 7.82. The number of benzene rings is 1. The van der Waals surface area contributed by atoms with E-state index in [0.717, 1.165) is 30.6 Å². The fraction of sp³-hybridized carbons (Fsp3) is 0.533. The third-order valence-corrected chi connectivity index (χ3v) is 3.58. The maximum Gasteiger partial charge on any atom is 0.224 e. The molecule has 0 aromatic heterocycles. The van der Waals surface area contributed by atoms with E-state index in [1.807, 2.05) is 31.2 Å². The number of hydrogen-bond acceptors (Lipinski definition) is 3. The van der Waals surface area contributed by atoms with Gasteiger partial charge in [0.25, 0.3) is 0 Å². The predicted octanol–water partition coefficient (Wildman–Crippen LogP) is 1.83. The molecule has 0 radical (unpaired) electrons. The zero-order valence-corrected chi connectivity index (χ0v) is 11.4. The summed E-state index contributed by atoms with van der Waals surface area (Å²) in [4.78, 5) is 12.0. The van der Waals surface area contributed by atoms with Crippen LogP contribution in [0.4, 0.5) is 0 Å². The highest BCUT2D eigenvalue weighted by Crippen LogP contribution is 2.24. The van der Waals surface area contributed by atoms with Gasteiger partial charge in [-0.15, -0.1) is 0 Å². The van der Waals surface area contributed by atoms with Crippen molar-refractivity contribution in [2.75, 3.05) is 6.61 Å². The van der Waals surface area contributed by atoms with E-state index < -0.39 is 0 Å². The van der Waals surface area contributed by atoms with Gasteiger partial charge in [-0.2, -0.15) is 0 Å². The molecule has 1 saturated carbocycles. The summed E-state index contributed by atoms with van der Waals surface area (Å²) in [6.07, 6.45) is 2.92. The van der Waals surface area contributed by atoms with Gasteiger partial charge < -0.3 is 15.8 Å². The molecule has 2 atom stereocenters. The second-order valence-corrected chi connectivity index (χ2v) is 5.00. The lowest BCUT2D eigenvalue weighted by Gasteiger charge is -2.15. The molecule has 1 aromatic rings. The number of nitrogens with one attached hydrogen (secondary N) is 1. The Bertz CT molecular complexity index is 434. The van der Waals surface area contributed by atoms with Crippen LogP contribution in [0.15, 0.2) is 24.3 Å². The minimum absolute atomic E-state index is 0.0184. The van der Waals surface area contributed by atoms with E-state index in [1.54, 1.807) is 0 Å². The number of ether oxygens (including phenoxy) is 1. The quantitative estimate of drug-likeness (QED) is 0.851. The van der Waals surface area contributed by atoms with Crippen molar-refractivity contribution in [3.05, 3.63) is 29.8 Å². The molecule has 4 nitrogen and oxygen atoms in total. The van der Waals surface area contributed by atoms with Crippen molar-refractivity contribution in [1.82, 2.24) is 5.32 Å². The van der Waals surface area contributed by atoms with E-state index in [4.69, 9.17) is 10.5 Å². The maximum atomic E-state index is 12.0. The monoisotopic (exact) mass is 262 g/mol. The summed E-state index contributed by atoms with van der Waals surface area (Å²) in [7, 11) is 0. The average Bonchev–Trinajstić information content (AvgIpc) is 2.83. The lowest BCUT2D eigenvalue weighted by atomic mass is 10.0. The molecule has 1 aliphatic rings. The lowest BCUT2D eigenvalue weighted by molar-refractivity contribution is -0.125. The molecule has 1 fully saturated rings. The molecule has 0 aliphatic heterocycles. The third kappa shape index (κ3) is 3.70. The zero-order chi connectivity index (χ0) is 13.7. The number of amides is 1. The Morgan fingerprint density at radius 3 is 3.00 bits per heavy atom. The highest BCUT2D eigenvalue weighted by molar-refractivity contribution is 5.79. The van der Waals surface area contributed by atoms with Gasteiger partial charge in [-0.3, -0.25) is 4.79 Å². The van der Waals surface area contributed by atoms with Gasteiger partial charge in [-0.1, -0.05) is 18.6 Å². The second kappa shape index (κ2) is 6.57. The van der Waals surface area contributed by atoms with E-state index in [1.165, 1.54) is 0 Å². The maximum absolute atomic E-state index is 12.0. The van der Waals surface area contributed by atoms with Crippen molar-refractivity contribution in [3.8, 4) is 5.75 Å². The van der Waals surface area contributed by atoms with Crippen molar-refractivity contribution in [2.24, 2.45) is 11.7 Å². The Kier molecular flexibility index (Phi) is 4.80. The first-order valence-electron chi connectivity index (χ1n) is 6.95. The molecular formula is C15H22N2O2. The summed E-state index contributed by atoms with van der Waals surface area (Å²) in [6.45, 7) is 3.13. The van der Waals surface area contributed by atoms with Crippen LogP contribution in [0.2, 0.25) is 0 Å². The van der Waals surface area contributed by atoms with E-state index in [2.05, 4.69) is 5.32 Å². The van der Waals surface area contributed by atoms with Crippen LogP contribution in [0.25, 0.3) is 0 Å². The van der Waals surface area contributed by atoms with E-state index in [9.17, 15) is 4.79 Å². The predicted molar refractivity (Wildman–Crippen MR) is 74.8 cm³/mol. The van der Waals surface area contributed by atoms with Crippen LogP contribution in [0.5, 0.6) is 5.75 Å². The molecule has 1 aromatic carbocycles. The highest BCUT2D eigenvalue weighted by atomic mass is 16.5. The van der Waals surface area contributed by atoms with Gasteiger partial charge in [0.15, 0.2) is 0 Å². The second-order valence-electron chi connectivity index (χ2n) is 5.00. The summed E-state index contributed by atoms with van der Waals surface area (Å²) in [5.74, 6) is 0.897. The molecule has 0 spiro atoms. The molecule has 1 aliphatic carbocycles. The van der Waals surface area contributed by atoms with Crippen LogP contribution in [-0.2, 0) is 11.3 Å². The Morgan fingerprint density at radius 1 is 1.47 bits per heavy atom. The third-order valence-electron chi connectivity index (χ3n) is 3.58. The largest absolute Gasteiger partial charge is 0.494 e. The first-order chi connectivity index (χ1) is 9.20. The van der Waals surface area contributed by atoms with Gasteiger partial charge in [-0.25, -0.2) is 0 Å². The number of carbonyl (C=O) groups is 1. The Balaban J connectivity index is 1.87. The zero-order valence-electron chi connectivity index (χ0n) is 11.4. The molecule has 104 valence electrons. The SMILES string of the molecule is CCOc1cccc(CNC(=O)C2CCCC2N)c1. The van der Waals surface area contributed by atoms with Gasteiger partial charge >= 0.3 is 0 Å². The molecule has 2 rings (SSSR count). The standard InChI is InChI=1S/C15H22N2O2/c1-2-19-12-6-3-5-11(9-12)10-17-15(18)13-7-4-8-14(13)16/h3,5-6,9,13-14H,2,4,7-8,10,16H2,1H3,(H,17,18). The average molecular weight is 262 g/mol. The molecule has 4 heteroatoms. The normalized spacial score (nSPS) is 22.2. The van der Waals surface area contributed by atoms with Crippen LogP contribution in [0.3, 0.4) is 0 Å². The molecule has 0 heterocycles. The van der Waals surface area contributed by atoms with Crippen LogP contribution in [-0.4, -0.2) is 18.6 Å². The van der Waals surface area contributed by atoms with Crippen molar-refractivity contribution in [1.29, 1.82) is 0 Å². The minimum atomic E-state index is -0.0184. The molecule has 2 unspecified atom stereocenters.